The molecule has 2 aromatic rings. The summed E-state index contributed by atoms with van der Waals surface area (Å²) in [6.45, 7) is 5.82. The number of hydrogen-bond acceptors (Lipinski definition) is 3. The number of H-pyrrole nitrogens is 1. The SMILES string of the molecule is CC(C)Oc1ccccc1CNCCc1cnc[nH]1.Cl.Cl. The number of para-hydroxylation sites is 1. The lowest BCUT2D eigenvalue weighted by Gasteiger charge is -2.14. The monoisotopic (exact) mass is 331 g/mol. The first-order valence-electron chi connectivity index (χ1n) is 6.68. The zero-order chi connectivity index (χ0) is 13.5. The van der Waals surface area contributed by atoms with E-state index in [0.717, 1.165) is 31.0 Å². The predicted octanol–water partition coefficient (Wildman–Crippen LogP) is 3.37. The van der Waals surface area contributed by atoms with Gasteiger partial charge in [-0.05, 0) is 19.9 Å². The Kier molecular flexibility index (Phi) is 9.88. The maximum absolute atomic E-state index is 5.79. The molecule has 0 bridgehead atoms. The topological polar surface area (TPSA) is 49.9 Å². The summed E-state index contributed by atoms with van der Waals surface area (Å²) in [6.07, 6.45) is 4.72. The smallest absolute Gasteiger partial charge is 0.124 e. The summed E-state index contributed by atoms with van der Waals surface area (Å²) in [5, 5.41) is 3.43. The van der Waals surface area contributed by atoms with Gasteiger partial charge in [-0.2, -0.15) is 0 Å². The van der Waals surface area contributed by atoms with Crippen LogP contribution in [-0.2, 0) is 13.0 Å². The number of halogens is 2. The van der Waals surface area contributed by atoms with Gasteiger partial charge in [0, 0.05) is 37.0 Å². The molecular weight excluding hydrogens is 309 g/mol. The van der Waals surface area contributed by atoms with Gasteiger partial charge in [0.1, 0.15) is 5.75 Å². The molecule has 0 aliphatic rings. The van der Waals surface area contributed by atoms with Crippen LogP contribution < -0.4 is 10.1 Å². The second kappa shape index (κ2) is 10.5. The van der Waals surface area contributed by atoms with Crippen LogP contribution in [0.4, 0.5) is 0 Å². The first-order chi connectivity index (χ1) is 9.25. The van der Waals surface area contributed by atoms with Gasteiger partial charge >= 0.3 is 0 Å². The summed E-state index contributed by atoms with van der Waals surface area (Å²) in [6, 6.07) is 8.16. The van der Waals surface area contributed by atoms with E-state index in [9.17, 15) is 0 Å². The van der Waals surface area contributed by atoms with Crippen LogP contribution in [0, 0.1) is 0 Å². The zero-order valence-electron chi connectivity index (χ0n) is 12.3. The van der Waals surface area contributed by atoms with E-state index in [1.807, 2.05) is 38.2 Å². The fourth-order valence-electron chi connectivity index (χ4n) is 1.89. The molecule has 0 spiro atoms. The normalized spacial score (nSPS) is 9.86. The standard InChI is InChI=1S/C15H21N3O.2ClH/c1-12(2)19-15-6-4-3-5-13(15)9-16-8-7-14-10-17-11-18-14;;/h3-6,10-12,16H,7-9H2,1-2H3,(H,17,18);2*1H. The van der Waals surface area contributed by atoms with Crippen molar-refractivity contribution < 1.29 is 4.74 Å². The quantitative estimate of drug-likeness (QED) is 0.765. The number of benzene rings is 1. The van der Waals surface area contributed by atoms with Gasteiger partial charge < -0.3 is 15.0 Å². The highest BCUT2D eigenvalue weighted by atomic mass is 35.5. The molecule has 0 saturated heterocycles. The molecule has 0 saturated carbocycles. The molecule has 6 heteroatoms. The molecule has 0 radical (unpaired) electrons. The molecule has 1 heterocycles. The fraction of sp³-hybridized carbons (Fsp3) is 0.400. The van der Waals surface area contributed by atoms with E-state index in [2.05, 4.69) is 21.4 Å². The molecule has 0 amide bonds. The molecule has 1 aromatic carbocycles. The number of nitrogens with zero attached hydrogens (tertiary/aromatic N) is 1. The number of rotatable bonds is 7. The van der Waals surface area contributed by atoms with Crippen molar-refractivity contribution in [3.05, 3.63) is 48.0 Å². The van der Waals surface area contributed by atoms with E-state index >= 15 is 0 Å². The Labute approximate surface area is 138 Å². The Morgan fingerprint density at radius 3 is 2.67 bits per heavy atom. The maximum atomic E-state index is 5.79. The van der Waals surface area contributed by atoms with Crippen LogP contribution in [0.15, 0.2) is 36.8 Å². The number of aromatic nitrogens is 2. The summed E-state index contributed by atoms with van der Waals surface area (Å²) in [5.41, 5.74) is 2.35. The molecule has 118 valence electrons. The molecule has 1 aromatic heterocycles. The van der Waals surface area contributed by atoms with Gasteiger partial charge in [0.25, 0.3) is 0 Å². The molecule has 2 rings (SSSR count). The zero-order valence-corrected chi connectivity index (χ0v) is 14.0. The number of ether oxygens (including phenoxy) is 1. The molecule has 21 heavy (non-hydrogen) atoms. The average molecular weight is 332 g/mol. The first kappa shape index (κ1) is 19.8. The number of hydrogen-bond donors (Lipinski definition) is 2. The van der Waals surface area contributed by atoms with Gasteiger partial charge in [-0.3, -0.25) is 0 Å². The predicted molar refractivity (Wildman–Crippen MR) is 90.7 cm³/mol. The fourth-order valence-corrected chi connectivity index (χ4v) is 1.89. The number of nitrogens with one attached hydrogen (secondary N) is 2. The number of aromatic amines is 1. The molecule has 0 aliphatic heterocycles. The minimum absolute atomic E-state index is 0. The Morgan fingerprint density at radius 2 is 2.00 bits per heavy atom. The Bertz CT molecular complexity index is 489. The largest absolute Gasteiger partial charge is 0.491 e. The van der Waals surface area contributed by atoms with E-state index < -0.39 is 0 Å². The van der Waals surface area contributed by atoms with Gasteiger partial charge in [-0.25, -0.2) is 4.98 Å². The molecule has 0 atom stereocenters. The second-order valence-electron chi connectivity index (χ2n) is 4.78. The van der Waals surface area contributed by atoms with Gasteiger partial charge in [0.05, 0.1) is 12.4 Å². The summed E-state index contributed by atoms with van der Waals surface area (Å²) in [7, 11) is 0. The molecule has 0 unspecified atom stereocenters. The molecule has 0 aliphatic carbocycles. The molecule has 4 nitrogen and oxygen atoms in total. The summed E-state index contributed by atoms with van der Waals surface area (Å²) in [5.74, 6) is 0.964. The van der Waals surface area contributed by atoms with Gasteiger partial charge in [0.15, 0.2) is 0 Å². The lowest BCUT2D eigenvalue weighted by atomic mass is 10.2. The Morgan fingerprint density at radius 1 is 1.24 bits per heavy atom. The Hall–Kier alpha value is -1.23. The molecule has 2 N–H and O–H groups in total. The van der Waals surface area contributed by atoms with Crippen molar-refractivity contribution in [2.75, 3.05) is 6.54 Å². The van der Waals surface area contributed by atoms with Crippen LogP contribution in [0.1, 0.15) is 25.1 Å². The molecular formula is C15H23Cl2N3O. The minimum Gasteiger partial charge on any atom is -0.491 e. The van der Waals surface area contributed by atoms with Crippen LogP contribution in [0.3, 0.4) is 0 Å². The van der Waals surface area contributed by atoms with Crippen LogP contribution in [0.2, 0.25) is 0 Å². The lowest BCUT2D eigenvalue weighted by Crippen LogP contribution is -2.18. The van der Waals surface area contributed by atoms with E-state index in [1.54, 1.807) is 6.33 Å². The maximum Gasteiger partial charge on any atom is 0.124 e. The van der Waals surface area contributed by atoms with Crippen molar-refractivity contribution in [3.8, 4) is 5.75 Å². The highest BCUT2D eigenvalue weighted by Gasteiger charge is 2.04. The molecule has 0 fully saturated rings. The van der Waals surface area contributed by atoms with Crippen molar-refractivity contribution in [3.63, 3.8) is 0 Å². The van der Waals surface area contributed by atoms with Crippen LogP contribution >= 0.6 is 24.8 Å². The van der Waals surface area contributed by atoms with Crippen LogP contribution in [0.5, 0.6) is 5.75 Å². The number of imidazole rings is 1. The summed E-state index contributed by atoms with van der Waals surface area (Å²) >= 11 is 0. The second-order valence-corrected chi connectivity index (χ2v) is 4.78. The summed E-state index contributed by atoms with van der Waals surface area (Å²) < 4.78 is 5.79. The van der Waals surface area contributed by atoms with Crippen LogP contribution in [-0.4, -0.2) is 22.6 Å². The van der Waals surface area contributed by atoms with Crippen molar-refractivity contribution in [2.24, 2.45) is 0 Å². The van der Waals surface area contributed by atoms with E-state index in [1.165, 1.54) is 5.56 Å². The van der Waals surface area contributed by atoms with E-state index in [4.69, 9.17) is 4.74 Å². The van der Waals surface area contributed by atoms with E-state index in [0.29, 0.717) is 0 Å². The van der Waals surface area contributed by atoms with Gasteiger partial charge in [0.2, 0.25) is 0 Å². The van der Waals surface area contributed by atoms with Crippen molar-refractivity contribution >= 4 is 24.8 Å². The lowest BCUT2D eigenvalue weighted by molar-refractivity contribution is 0.239. The highest BCUT2D eigenvalue weighted by Crippen LogP contribution is 2.18. The van der Waals surface area contributed by atoms with E-state index in [-0.39, 0.29) is 30.9 Å². The van der Waals surface area contributed by atoms with Gasteiger partial charge in [-0.1, -0.05) is 18.2 Å². The third-order valence-electron chi connectivity index (χ3n) is 2.78. The highest BCUT2D eigenvalue weighted by molar-refractivity contribution is 5.85. The van der Waals surface area contributed by atoms with Crippen molar-refractivity contribution in [2.45, 2.75) is 32.9 Å². The minimum atomic E-state index is 0. The Balaban J connectivity index is 0.00000200. The van der Waals surface area contributed by atoms with Crippen molar-refractivity contribution in [1.82, 2.24) is 15.3 Å². The van der Waals surface area contributed by atoms with Crippen LogP contribution in [0.25, 0.3) is 0 Å². The van der Waals surface area contributed by atoms with Gasteiger partial charge in [-0.15, -0.1) is 24.8 Å². The first-order valence-corrected chi connectivity index (χ1v) is 6.68. The third-order valence-corrected chi connectivity index (χ3v) is 2.78. The summed E-state index contributed by atoms with van der Waals surface area (Å²) in [4.78, 5) is 7.10. The average Bonchev–Trinajstić information content (AvgIpc) is 2.89. The third kappa shape index (κ3) is 6.85. The van der Waals surface area contributed by atoms with Crippen molar-refractivity contribution in [1.29, 1.82) is 0 Å².